The van der Waals surface area contributed by atoms with Crippen molar-refractivity contribution >= 4 is 0 Å². The van der Waals surface area contributed by atoms with Crippen LogP contribution in [0, 0.1) is 0 Å². The van der Waals surface area contributed by atoms with Gasteiger partial charge in [-0.3, -0.25) is 0 Å². The Bertz CT molecular complexity index is 23.0. The first-order valence-electron chi connectivity index (χ1n) is 1.79. The second kappa shape index (κ2) is 0.977. The highest BCUT2D eigenvalue weighted by atomic mass is 15.2. The number of quaternary nitrogens is 1. The minimum absolute atomic E-state index is 0. The van der Waals surface area contributed by atoms with E-state index >= 15 is 0 Å². The molecule has 1 heteroatoms. The third-order valence-electron chi connectivity index (χ3n) is 0. The zero-order valence-corrected chi connectivity index (χ0v) is 4.45. The summed E-state index contributed by atoms with van der Waals surface area (Å²) in [4.78, 5) is 0. The first kappa shape index (κ1) is 4.96. The van der Waals surface area contributed by atoms with E-state index in [0.717, 1.165) is 4.48 Å². The van der Waals surface area contributed by atoms with Gasteiger partial charge in [0.2, 0.25) is 0 Å². The molecule has 0 bridgehead atoms. The maximum atomic E-state index is 2.12. The Hall–Kier alpha value is -0.0400. The van der Waals surface area contributed by atoms with E-state index in [0.29, 0.717) is 0 Å². The van der Waals surface area contributed by atoms with Crippen LogP contribution in [0.2, 0.25) is 0 Å². The molecule has 5 heavy (non-hydrogen) atoms. The molecule has 32 valence electrons. The molecule has 1 nitrogen and oxygen atoms in total. The van der Waals surface area contributed by atoms with Crippen LogP contribution in [0.5, 0.6) is 0 Å². The fourth-order valence-electron chi connectivity index (χ4n) is 0. The largest absolute Gasteiger partial charge is 1.00 e. The number of hydrogen-bond acceptors (Lipinski definition) is 0. The summed E-state index contributed by atoms with van der Waals surface area (Å²) in [6.07, 6.45) is 0. The molecule has 0 aromatic heterocycles. The number of hydrogen-bond donors (Lipinski definition) is 0. The van der Waals surface area contributed by atoms with Gasteiger partial charge in [0.1, 0.15) is 0 Å². The molecule has 0 saturated heterocycles. The van der Waals surface area contributed by atoms with E-state index in [1.807, 2.05) is 0 Å². The van der Waals surface area contributed by atoms with Crippen LogP contribution in [0.25, 0.3) is 0 Å². The zero-order valence-electron chi connectivity index (χ0n) is 5.45. The van der Waals surface area contributed by atoms with Crippen LogP contribution in [0.4, 0.5) is 0 Å². The summed E-state index contributed by atoms with van der Waals surface area (Å²) >= 11 is 0. The van der Waals surface area contributed by atoms with Crippen molar-refractivity contribution in [3.05, 3.63) is 0 Å². The molecule has 0 atom stereocenters. The van der Waals surface area contributed by atoms with Gasteiger partial charge in [0.15, 0.2) is 0 Å². The monoisotopic (exact) mass is 75.1 g/mol. The molecular formula is C4H13N+2. The Morgan fingerprint density at radius 3 is 1.00 bits per heavy atom. The molecule has 0 amide bonds. The summed E-state index contributed by atoms with van der Waals surface area (Å²) in [5.41, 5.74) is 0. The highest BCUT2D eigenvalue weighted by Crippen LogP contribution is 1.73. The molecule has 0 unspecified atom stereocenters. The summed E-state index contributed by atoms with van der Waals surface area (Å²) in [6.45, 7) is 0. The van der Waals surface area contributed by atoms with Crippen molar-refractivity contribution < 1.29 is 5.91 Å². The highest BCUT2D eigenvalue weighted by Gasteiger charge is 1.88. The lowest BCUT2D eigenvalue weighted by molar-refractivity contribution is -0.849. The van der Waals surface area contributed by atoms with Gasteiger partial charge in [0.25, 0.3) is 0 Å². The minimum atomic E-state index is 0. The molecule has 0 aromatic carbocycles. The Morgan fingerprint density at radius 1 is 1.00 bits per heavy atom. The van der Waals surface area contributed by atoms with E-state index in [4.69, 9.17) is 0 Å². The number of rotatable bonds is 0. The van der Waals surface area contributed by atoms with Crippen LogP contribution >= 0.6 is 0 Å². The SMILES string of the molecule is C[N+](C)(C)C.[H+]. The van der Waals surface area contributed by atoms with Crippen molar-refractivity contribution in [1.29, 1.82) is 0 Å². The third-order valence-corrected chi connectivity index (χ3v) is 0. The molecule has 0 heterocycles. The second-order valence-corrected chi connectivity index (χ2v) is 2.68. The standard InChI is InChI=1S/C4H12N/c1-5(2,3)4/h1-4H3/q+1/p+1. The van der Waals surface area contributed by atoms with Crippen LogP contribution in [-0.2, 0) is 0 Å². The zero-order chi connectivity index (χ0) is 4.50. The summed E-state index contributed by atoms with van der Waals surface area (Å²) in [5.74, 6) is 0. The van der Waals surface area contributed by atoms with Gasteiger partial charge in [0, 0.05) is 0 Å². The van der Waals surface area contributed by atoms with Gasteiger partial charge in [-0.25, -0.2) is 0 Å². The first-order valence-corrected chi connectivity index (χ1v) is 1.79. The number of nitrogens with zero attached hydrogens (tertiary/aromatic N) is 1. The van der Waals surface area contributed by atoms with Crippen molar-refractivity contribution in [2.24, 2.45) is 0 Å². The first-order chi connectivity index (χ1) is 2.00. The predicted octanol–water partition coefficient (Wildman–Crippen LogP) is 0.435. The average Bonchev–Trinajstić information content (AvgIpc) is 0.722. The molecular weight excluding hydrogens is 62.1 g/mol. The molecule has 0 aliphatic heterocycles. The van der Waals surface area contributed by atoms with Gasteiger partial charge >= 0.3 is 1.43 Å². The summed E-state index contributed by atoms with van der Waals surface area (Å²) < 4.78 is 1.00. The second-order valence-electron chi connectivity index (χ2n) is 2.68. The minimum Gasteiger partial charge on any atom is -0.333 e. The van der Waals surface area contributed by atoms with Crippen LogP contribution in [-0.4, -0.2) is 32.7 Å². The molecule has 0 radical (unpaired) electrons. The predicted molar refractivity (Wildman–Crippen MR) is 25.1 cm³/mol. The Labute approximate surface area is 35.3 Å². The van der Waals surface area contributed by atoms with Crippen molar-refractivity contribution in [3.8, 4) is 0 Å². The molecule has 0 aliphatic carbocycles. The lowest BCUT2D eigenvalue weighted by Gasteiger charge is -2.14. The van der Waals surface area contributed by atoms with Crippen molar-refractivity contribution in [2.45, 2.75) is 0 Å². The lowest BCUT2D eigenvalue weighted by Crippen LogP contribution is -2.27. The van der Waals surface area contributed by atoms with Crippen molar-refractivity contribution in [3.63, 3.8) is 0 Å². The van der Waals surface area contributed by atoms with Crippen molar-refractivity contribution in [1.82, 2.24) is 0 Å². The molecule has 0 rings (SSSR count). The molecule has 0 aliphatic rings. The maximum Gasteiger partial charge on any atom is 1.00 e. The van der Waals surface area contributed by atoms with Gasteiger partial charge in [-0.15, -0.1) is 0 Å². The van der Waals surface area contributed by atoms with Crippen LogP contribution in [0.1, 0.15) is 1.43 Å². The lowest BCUT2D eigenvalue weighted by atomic mass is 10.8. The average molecular weight is 75.2 g/mol. The van der Waals surface area contributed by atoms with E-state index in [1.165, 1.54) is 0 Å². The summed E-state index contributed by atoms with van der Waals surface area (Å²) in [6, 6.07) is 0. The smallest absolute Gasteiger partial charge is 0.333 e. The van der Waals surface area contributed by atoms with Gasteiger partial charge in [-0.05, 0) is 0 Å². The molecule has 0 fully saturated rings. The fourth-order valence-corrected chi connectivity index (χ4v) is 0. The van der Waals surface area contributed by atoms with E-state index in [-0.39, 0.29) is 1.43 Å². The van der Waals surface area contributed by atoms with Gasteiger partial charge < -0.3 is 4.48 Å². The molecule has 0 spiro atoms. The van der Waals surface area contributed by atoms with E-state index in [2.05, 4.69) is 28.2 Å². The molecule has 0 saturated carbocycles. The highest BCUT2D eigenvalue weighted by molar-refractivity contribution is 3.87. The molecule has 0 aromatic rings. The Morgan fingerprint density at radius 2 is 1.00 bits per heavy atom. The van der Waals surface area contributed by atoms with Gasteiger partial charge in [0.05, 0.1) is 28.2 Å². The van der Waals surface area contributed by atoms with Gasteiger partial charge in [-0.2, -0.15) is 0 Å². The fraction of sp³-hybridized carbons (Fsp3) is 1.00. The van der Waals surface area contributed by atoms with Gasteiger partial charge in [-0.1, -0.05) is 0 Å². The maximum absolute atomic E-state index is 2.12. The van der Waals surface area contributed by atoms with E-state index in [1.54, 1.807) is 0 Å². The topological polar surface area (TPSA) is 0 Å². The van der Waals surface area contributed by atoms with Crippen LogP contribution in [0.3, 0.4) is 0 Å². The van der Waals surface area contributed by atoms with Crippen LogP contribution in [0.15, 0.2) is 0 Å². The summed E-state index contributed by atoms with van der Waals surface area (Å²) in [5, 5.41) is 0. The third kappa shape index (κ3) is 9510. The normalized spacial score (nSPS) is 12.0. The quantitative estimate of drug-likeness (QED) is 0.366. The molecule has 0 N–H and O–H groups in total. The Kier molecular flexibility index (Phi) is 0.969. The van der Waals surface area contributed by atoms with E-state index in [9.17, 15) is 0 Å². The van der Waals surface area contributed by atoms with E-state index < -0.39 is 0 Å². The van der Waals surface area contributed by atoms with Crippen molar-refractivity contribution in [2.75, 3.05) is 28.2 Å². The summed E-state index contributed by atoms with van der Waals surface area (Å²) in [7, 11) is 8.50. The Balaban J connectivity index is 0. The van der Waals surface area contributed by atoms with Crippen LogP contribution < -0.4 is 0 Å².